The van der Waals surface area contributed by atoms with Crippen LogP contribution < -0.4 is 5.32 Å². The minimum atomic E-state index is 0.738. The van der Waals surface area contributed by atoms with Gasteiger partial charge >= 0.3 is 0 Å². The molecule has 1 aliphatic carbocycles. The van der Waals surface area contributed by atoms with Crippen LogP contribution in [0, 0.1) is 5.92 Å². The lowest BCUT2D eigenvalue weighted by Gasteiger charge is -2.40. The summed E-state index contributed by atoms with van der Waals surface area (Å²) in [5, 5.41) is 3.92. The van der Waals surface area contributed by atoms with Gasteiger partial charge in [-0.05, 0) is 38.6 Å². The van der Waals surface area contributed by atoms with Gasteiger partial charge in [-0.25, -0.2) is 0 Å². The number of nitrogens with one attached hydrogen (secondary N) is 1. The van der Waals surface area contributed by atoms with Gasteiger partial charge in [0.05, 0.1) is 0 Å². The van der Waals surface area contributed by atoms with Crippen LogP contribution in [0.15, 0.2) is 0 Å². The smallest absolute Gasteiger partial charge is 0.0200 e. The maximum absolute atomic E-state index is 3.92. The lowest BCUT2D eigenvalue weighted by Crippen LogP contribution is -2.54. The lowest BCUT2D eigenvalue weighted by molar-refractivity contribution is 0.0822. The van der Waals surface area contributed by atoms with Gasteiger partial charge < -0.3 is 5.32 Å². The lowest BCUT2D eigenvalue weighted by atomic mass is 9.85. The number of piperazine rings is 1. The number of hydrogen-bond acceptors (Lipinski definition) is 3. The average molecular weight is 265 g/mol. The molecule has 0 aromatic rings. The first-order valence-electron chi connectivity index (χ1n) is 8.48. The zero-order valence-electron chi connectivity index (χ0n) is 12.8. The summed E-state index contributed by atoms with van der Waals surface area (Å²) < 4.78 is 0. The Hall–Kier alpha value is -0.120. The molecule has 2 aliphatic heterocycles. The van der Waals surface area contributed by atoms with E-state index in [1.807, 2.05) is 0 Å². The van der Waals surface area contributed by atoms with E-state index in [1.165, 1.54) is 64.8 Å². The van der Waals surface area contributed by atoms with E-state index < -0.39 is 0 Å². The van der Waals surface area contributed by atoms with Crippen LogP contribution in [0.2, 0.25) is 0 Å². The Labute approximate surface area is 118 Å². The number of nitrogens with zero attached hydrogens (tertiary/aromatic N) is 2. The molecule has 3 aliphatic rings. The number of likely N-dealkylation sites (N-methyl/N-ethyl adjacent to an activating group) is 1. The molecule has 3 fully saturated rings. The van der Waals surface area contributed by atoms with Crippen LogP contribution in [0.5, 0.6) is 0 Å². The van der Waals surface area contributed by atoms with Crippen LogP contribution in [0.3, 0.4) is 0 Å². The molecule has 2 saturated heterocycles. The van der Waals surface area contributed by atoms with Gasteiger partial charge in [0.1, 0.15) is 0 Å². The first-order chi connectivity index (χ1) is 9.26. The molecule has 0 aromatic carbocycles. The SMILES string of the molecule is CCN1CCN(CC2CC3CCCCC3N2)CC1C. The van der Waals surface area contributed by atoms with E-state index >= 15 is 0 Å². The third kappa shape index (κ3) is 3.14. The van der Waals surface area contributed by atoms with Gasteiger partial charge in [-0.15, -0.1) is 0 Å². The average Bonchev–Trinajstić information content (AvgIpc) is 2.81. The summed E-state index contributed by atoms with van der Waals surface area (Å²) in [4.78, 5) is 5.31. The minimum absolute atomic E-state index is 0.738. The van der Waals surface area contributed by atoms with Crippen molar-refractivity contribution in [3.8, 4) is 0 Å². The summed E-state index contributed by atoms with van der Waals surface area (Å²) in [6.45, 7) is 11.0. The van der Waals surface area contributed by atoms with Crippen molar-refractivity contribution in [1.29, 1.82) is 0 Å². The van der Waals surface area contributed by atoms with Crippen molar-refractivity contribution in [1.82, 2.24) is 15.1 Å². The predicted molar refractivity (Wildman–Crippen MR) is 80.4 cm³/mol. The molecular weight excluding hydrogens is 234 g/mol. The van der Waals surface area contributed by atoms with Gasteiger partial charge in [0, 0.05) is 44.3 Å². The Balaban J connectivity index is 1.47. The number of fused-ring (bicyclic) bond motifs is 1. The van der Waals surface area contributed by atoms with Crippen LogP contribution in [-0.2, 0) is 0 Å². The maximum atomic E-state index is 3.92. The van der Waals surface area contributed by atoms with Crippen molar-refractivity contribution < 1.29 is 0 Å². The molecule has 3 nitrogen and oxygen atoms in total. The monoisotopic (exact) mass is 265 g/mol. The van der Waals surface area contributed by atoms with E-state index in [-0.39, 0.29) is 0 Å². The normalized spacial score (nSPS) is 41.4. The Bertz CT molecular complexity index is 280. The van der Waals surface area contributed by atoms with Crippen molar-refractivity contribution >= 4 is 0 Å². The van der Waals surface area contributed by atoms with E-state index in [1.54, 1.807) is 0 Å². The van der Waals surface area contributed by atoms with E-state index in [2.05, 4.69) is 29.0 Å². The number of hydrogen-bond donors (Lipinski definition) is 1. The summed E-state index contributed by atoms with van der Waals surface area (Å²) in [7, 11) is 0. The van der Waals surface area contributed by atoms with E-state index in [0.29, 0.717) is 0 Å². The Morgan fingerprint density at radius 1 is 1.16 bits per heavy atom. The fourth-order valence-electron chi connectivity index (χ4n) is 4.59. The molecule has 0 spiro atoms. The summed E-state index contributed by atoms with van der Waals surface area (Å²) in [5.74, 6) is 0.994. The molecule has 110 valence electrons. The predicted octanol–water partition coefficient (Wildman–Crippen LogP) is 1.93. The zero-order valence-corrected chi connectivity index (χ0v) is 12.8. The molecule has 1 N–H and O–H groups in total. The molecule has 2 heterocycles. The third-order valence-electron chi connectivity index (χ3n) is 5.68. The van der Waals surface area contributed by atoms with E-state index in [4.69, 9.17) is 0 Å². The standard InChI is InChI=1S/C16H31N3/c1-3-19-9-8-18(11-13(19)2)12-15-10-14-6-4-5-7-16(14)17-15/h13-17H,3-12H2,1-2H3. The van der Waals surface area contributed by atoms with E-state index in [9.17, 15) is 0 Å². The molecule has 3 heteroatoms. The third-order valence-corrected chi connectivity index (χ3v) is 5.68. The highest BCUT2D eigenvalue weighted by Crippen LogP contribution is 2.33. The van der Waals surface area contributed by atoms with Crippen molar-refractivity contribution in [2.24, 2.45) is 5.92 Å². The molecule has 4 atom stereocenters. The first-order valence-corrected chi connectivity index (χ1v) is 8.48. The fourth-order valence-corrected chi connectivity index (χ4v) is 4.59. The Morgan fingerprint density at radius 2 is 2.00 bits per heavy atom. The topological polar surface area (TPSA) is 18.5 Å². The largest absolute Gasteiger partial charge is 0.310 e. The van der Waals surface area contributed by atoms with Gasteiger partial charge in [-0.3, -0.25) is 9.80 Å². The highest BCUT2D eigenvalue weighted by molar-refractivity contribution is 4.94. The molecule has 3 rings (SSSR count). The van der Waals surface area contributed by atoms with Crippen LogP contribution in [0.25, 0.3) is 0 Å². The molecule has 0 amide bonds. The zero-order chi connectivity index (χ0) is 13.2. The molecule has 0 radical (unpaired) electrons. The van der Waals surface area contributed by atoms with Gasteiger partial charge in [-0.2, -0.15) is 0 Å². The molecule has 0 aromatic heterocycles. The van der Waals surface area contributed by atoms with Crippen molar-refractivity contribution in [3.05, 3.63) is 0 Å². The van der Waals surface area contributed by atoms with Gasteiger partial charge in [0.25, 0.3) is 0 Å². The molecule has 4 unspecified atom stereocenters. The fraction of sp³-hybridized carbons (Fsp3) is 1.00. The summed E-state index contributed by atoms with van der Waals surface area (Å²) in [6.07, 6.45) is 7.28. The van der Waals surface area contributed by atoms with Crippen molar-refractivity contribution in [2.75, 3.05) is 32.7 Å². The van der Waals surface area contributed by atoms with Crippen LogP contribution in [0.4, 0.5) is 0 Å². The van der Waals surface area contributed by atoms with Gasteiger partial charge in [0.2, 0.25) is 0 Å². The Morgan fingerprint density at radius 3 is 2.74 bits per heavy atom. The second-order valence-corrected chi connectivity index (χ2v) is 6.99. The van der Waals surface area contributed by atoms with Crippen molar-refractivity contribution in [2.45, 2.75) is 64.1 Å². The quantitative estimate of drug-likeness (QED) is 0.841. The number of rotatable bonds is 3. The molecular formula is C16H31N3. The molecule has 0 bridgehead atoms. The molecule has 1 saturated carbocycles. The highest BCUT2D eigenvalue weighted by atomic mass is 15.3. The van der Waals surface area contributed by atoms with Crippen LogP contribution in [-0.4, -0.2) is 60.6 Å². The second-order valence-electron chi connectivity index (χ2n) is 6.99. The van der Waals surface area contributed by atoms with Crippen LogP contribution >= 0.6 is 0 Å². The minimum Gasteiger partial charge on any atom is -0.310 e. The summed E-state index contributed by atoms with van der Waals surface area (Å²) in [6, 6.07) is 2.36. The summed E-state index contributed by atoms with van der Waals surface area (Å²) >= 11 is 0. The molecule has 19 heavy (non-hydrogen) atoms. The van der Waals surface area contributed by atoms with Gasteiger partial charge in [0.15, 0.2) is 0 Å². The first kappa shape index (κ1) is 13.8. The Kier molecular flexibility index (Phi) is 4.45. The van der Waals surface area contributed by atoms with Crippen molar-refractivity contribution in [3.63, 3.8) is 0 Å². The maximum Gasteiger partial charge on any atom is 0.0200 e. The van der Waals surface area contributed by atoms with E-state index in [0.717, 1.165) is 24.0 Å². The van der Waals surface area contributed by atoms with Gasteiger partial charge in [-0.1, -0.05) is 19.8 Å². The highest BCUT2D eigenvalue weighted by Gasteiger charge is 2.36. The summed E-state index contributed by atoms with van der Waals surface area (Å²) in [5.41, 5.74) is 0. The van der Waals surface area contributed by atoms with Crippen LogP contribution in [0.1, 0.15) is 46.0 Å². The second kappa shape index (κ2) is 6.11.